The molecule has 130 valence electrons. The Morgan fingerprint density at radius 1 is 1.25 bits per heavy atom. The molecule has 0 saturated carbocycles. The zero-order chi connectivity index (χ0) is 18.2. The van der Waals surface area contributed by atoms with Crippen molar-refractivity contribution in [1.82, 2.24) is 5.32 Å². The van der Waals surface area contributed by atoms with Crippen molar-refractivity contribution in [3.8, 4) is 17.6 Å². The van der Waals surface area contributed by atoms with Crippen LogP contribution in [0.1, 0.15) is 20.8 Å². The van der Waals surface area contributed by atoms with Gasteiger partial charge in [0, 0.05) is 0 Å². The molecule has 1 aromatic carbocycles. The molecule has 24 heavy (non-hydrogen) atoms. The van der Waals surface area contributed by atoms with Gasteiger partial charge in [-0.2, -0.15) is 5.26 Å². The number of nitrogens with one attached hydrogen (secondary N) is 1. The van der Waals surface area contributed by atoms with Crippen LogP contribution in [0, 0.1) is 17.2 Å². The van der Waals surface area contributed by atoms with Crippen LogP contribution in [-0.4, -0.2) is 37.7 Å². The Morgan fingerprint density at radius 2 is 1.88 bits per heavy atom. The SMILES string of the molecule is COc1ccccc1OCC(=O)OCC(=O)N[C@@](C)(C#N)C(C)C. The predicted molar refractivity (Wildman–Crippen MR) is 86.4 cm³/mol. The summed E-state index contributed by atoms with van der Waals surface area (Å²) in [5.74, 6) is -0.434. The molecule has 0 aliphatic rings. The maximum absolute atomic E-state index is 11.8. The van der Waals surface area contributed by atoms with Crippen molar-refractivity contribution in [2.45, 2.75) is 26.3 Å². The van der Waals surface area contributed by atoms with E-state index in [-0.39, 0.29) is 12.5 Å². The van der Waals surface area contributed by atoms with Crippen molar-refractivity contribution in [2.75, 3.05) is 20.3 Å². The van der Waals surface area contributed by atoms with Crippen LogP contribution in [0.2, 0.25) is 0 Å². The molecular formula is C17H22N2O5. The van der Waals surface area contributed by atoms with E-state index in [2.05, 4.69) is 5.32 Å². The first-order valence-electron chi connectivity index (χ1n) is 7.46. The van der Waals surface area contributed by atoms with Gasteiger partial charge in [0.2, 0.25) is 0 Å². The van der Waals surface area contributed by atoms with Crippen LogP contribution in [0.4, 0.5) is 0 Å². The van der Waals surface area contributed by atoms with E-state index in [1.807, 2.05) is 19.9 Å². The number of methoxy groups -OCH3 is 1. The van der Waals surface area contributed by atoms with Crippen LogP contribution in [0.3, 0.4) is 0 Å². The van der Waals surface area contributed by atoms with Gasteiger partial charge in [-0.25, -0.2) is 4.79 Å². The molecule has 0 spiro atoms. The van der Waals surface area contributed by atoms with Crippen LogP contribution in [0.25, 0.3) is 0 Å². The molecule has 0 aromatic heterocycles. The maximum Gasteiger partial charge on any atom is 0.344 e. The molecule has 0 unspecified atom stereocenters. The van der Waals surface area contributed by atoms with Gasteiger partial charge in [-0.1, -0.05) is 26.0 Å². The van der Waals surface area contributed by atoms with E-state index in [0.29, 0.717) is 11.5 Å². The quantitative estimate of drug-likeness (QED) is 0.726. The first-order chi connectivity index (χ1) is 11.3. The summed E-state index contributed by atoms with van der Waals surface area (Å²) < 4.78 is 15.2. The second-order valence-electron chi connectivity index (χ2n) is 5.62. The Hall–Kier alpha value is -2.75. The van der Waals surface area contributed by atoms with Crippen molar-refractivity contribution in [3.05, 3.63) is 24.3 Å². The molecule has 0 aliphatic heterocycles. The van der Waals surface area contributed by atoms with Gasteiger partial charge in [0.05, 0.1) is 13.2 Å². The van der Waals surface area contributed by atoms with Gasteiger partial charge < -0.3 is 19.5 Å². The number of hydrogen-bond acceptors (Lipinski definition) is 6. The lowest BCUT2D eigenvalue weighted by molar-refractivity contribution is -0.150. The van der Waals surface area contributed by atoms with Gasteiger partial charge in [-0.15, -0.1) is 0 Å². The maximum atomic E-state index is 11.8. The average molecular weight is 334 g/mol. The average Bonchev–Trinajstić information content (AvgIpc) is 2.57. The number of carbonyl (C=O) groups is 2. The summed E-state index contributed by atoms with van der Waals surface area (Å²) in [5, 5.41) is 11.7. The Kier molecular flexibility index (Phi) is 7.05. The van der Waals surface area contributed by atoms with Gasteiger partial charge >= 0.3 is 5.97 Å². The third-order valence-electron chi connectivity index (χ3n) is 3.56. The lowest BCUT2D eigenvalue weighted by Gasteiger charge is -2.27. The van der Waals surface area contributed by atoms with Crippen LogP contribution in [0.15, 0.2) is 24.3 Å². The molecule has 0 heterocycles. The third kappa shape index (κ3) is 5.47. The fraction of sp³-hybridized carbons (Fsp3) is 0.471. The number of esters is 1. The second kappa shape index (κ2) is 8.77. The summed E-state index contributed by atoms with van der Waals surface area (Å²) in [6.07, 6.45) is 0. The summed E-state index contributed by atoms with van der Waals surface area (Å²) in [6, 6.07) is 8.91. The molecule has 0 radical (unpaired) electrons. The molecule has 7 heteroatoms. The molecule has 1 rings (SSSR count). The summed E-state index contributed by atoms with van der Waals surface area (Å²) in [4.78, 5) is 23.5. The second-order valence-corrected chi connectivity index (χ2v) is 5.62. The molecular weight excluding hydrogens is 312 g/mol. The van der Waals surface area contributed by atoms with Gasteiger partial charge in [0.25, 0.3) is 5.91 Å². The Bertz CT molecular complexity index is 624. The molecule has 1 amide bonds. The summed E-state index contributed by atoms with van der Waals surface area (Å²) >= 11 is 0. The molecule has 0 aliphatic carbocycles. The predicted octanol–water partition coefficient (Wildman–Crippen LogP) is 1.67. The minimum Gasteiger partial charge on any atom is -0.493 e. The topological polar surface area (TPSA) is 97.7 Å². The largest absolute Gasteiger partial charge is 0.493 e. The number of benzene rings is 1. The first-order valence-corrected chi connectivity index (χ1v) is 7.46. The Morgan fingerprint density at radius 3 is 2.42 bits per heavy atom. The summed E-state index contributed by atoms with van der Waals surface area (Å²) in [5.41, 5.74) is -1.02. The van der Waals surface area contributed by atoms with Crippen molar-refractivity contribution in [1.29, 1.82) is 5.26 Å². The van der Waals surface area contributed by atoms with E-state index in [9.17, 15) is 9.59 Å². The van der Waals surface area contributed by atoms with Gasteiger partial charge in [-0.3, -0.25) is 4.79 Å². The summed E-state index contributed by atoms with van der Waals surface area (Å²) in [7, 11) is 1.49. The smallest absolute Gasteiger partial charge is 0.344 e. The number of nitrogens with zero attached hydrogens (tertiary/aromatic N) is 1. The highest BCUT2D eigenvalue weighted by atomic mass is 16.6. The molecule has 7 nitrogen and oxygen atoms in total. The van der Waals surface area contributed by atoms with Crippen LogP contribution >= 0.6 is 0 Å². The van der Waals surface area contributed by atoms with Gasteiger partial charge in [-0.05, 0) is 25.0 Å². The van der Waals surface area contributed by atoms with E-state index >= 15 is 0 Å². The first kappa shape index (κ1) is 19.3. The van der Waals surface area contributed by atoms with Crippen LogP contribution in [0.5, 0.6) is 11.5 Å². The third-order valence-corrected chi connectivity index (χ3v) is 3.56. The molecule has 0 saturated heterocycles. The van der Waals surface area contributed by atoms with Gasteiger partial charge in [0.1, 0.15) is 5.54 Å². The summed E-state index contributed by atoms with van der Waals surface area (Å²) in [6.45, 7) is 4.42. The van der Waals surface area contributed by atoms with Gasteiger partial charge in [0.15, 0.2) is 24.7 Å². The molecule has 1 N–H and O–H groups in total. The molecule has 0 bridgehead atoms. The lowest BCUT2D eigenvalue weighted by Crippen LogP contribution is -2.50. The highest BCUT2D eigenvalue weighted by Gasteiger charge is 2.30. The number of ether oxygens (including phenoxy) is 3. The molecule has 0 fully saturated rings. The number of nitriles is 1. The standard InChI is InChI=1S/C17H22N2O5/c1-12(2)17(3,11-18)19-15(20)9-24-16(21)10-23-14-8-6-5-7-13(14)22-4/h5-8,12H,9-10H2,1-4H3,(H,19,20)/t17-/m0/s1. The number of carbonyl (C=O) groups excluding carboxylic acids is 2. The fourth-order valence-corrected chi connectivity index (χ4v) is 1.69. The van der Waals surface area contributed by atoms with E-state index in [1.165, 1.54) is 7.11 Å². The van der Waals surface area contributed by atoms with E-state index < -0.39 is 24.0 Å². The van der Waals surface area contributed by atoms with Crippen molar-refractivity contribution >= 4 is 11.9 Å². The van der Waals surface area contributed by atoms with Crippen molar-refractivity contribution < 1.29 is 23.8 Å². The highest BCUT2D eigenvalue weighted by Crippen LogP contribution is 2.25. The number of rotatable bonds is 8. The van der Waals surface area contributed by atoms with E-state index in [1.54, 1.807) is 31.2 Å². The molecule has 1 aromatic rings. The monoisotopic (exact) mass is 334 g/mol. The lowest BCUT2D eigenvalue weighted by atomic mass is 9.90. The number of amides is 1. The van der Waals surface area contributed by atoms with Crippen LogP contribution < -0.4 is 14.8 Å². The molecule has 1 atom stereocenters. The fourth-order valence-electron chi connectivity index (χ4n) is 1.69. The van der Waals surface area contributed by atoms with Crippen molar-refractivity contribution in [2.24, 2.45) is 5.92 Å². The zero-order valence-corrected chi connectivity index (χ0v) is 14.3. The Balaban J connectivity index is 2.44. The minimum absolute atomic E-state index is 0.0870. The normalized spacial score (nSPS) is 12.7. The zero-order valence-electron chi connectivity index (χ0n) is 14.3. The highest BCUT2D eigenvalue weighted by molar-refractivity contribution is 5.81. The Labute approximate surface area is 141 Å². The minimum atomic E-state index is -1.02. The number of para-hydroxylation sites is 2. The number of hydrogen-bond donors (Lipinski definition) is 1. The van der Waals surface area contributed by atoms with Crippen LogP contribution in [-0.2, 0) is 14.3 Å². The van der Waals surface area contributed by atoms with E-state index in [0.717, 1.165) is 0 Å². The van der Waals surface area contributed by atoms with Crippen molar-refractivity contribution in [3.63, 3.8) is 0 Å². The van der Waals surface area contributed by atoms with E-state index in [4.69, 9.17) is 19.5 Å².